The molecule has 0 saturated heterocycles. The Morgan fingerprint density at radius 3 is 3.12 bits per heavy atom. The smallest absolute Gasteiger partial charge is 0.218 e. The lowest BCUT2D eigenvalue weighted by atomic mass is 10.3. The number of hydrogen-bond donors (Lipinski definition) is 2. The maximum Gasteiger partial charge on any atom is 0.218 e. The van der Waals surface area contributed by atoms with Gasteiger partial charge < -0.3 is 15.8 Å². The highest BCUT2D eigenvalue weighted by molar-refractivity contribution is 5.77. The molecule has 5 nitrogen and oxygen atoms in total. The highest BCUT2D eigenvalue weighted by atomic mass is 16.5. The summed E-state index contributed by atoms with van der Waals surface area (Å²) in [5.41, 5.74) is 6.60. The van der Waals surface area contributed by atoms with Gasteiger partial charge in [-0.05, 0) is 12.5 Å². The molecule has 3 N–H and O–H groups in total. The SMILES string of the molecule is CCCNC(N)=NCc1cccnc1OC. The van der Waals surface area contributed by atoms with Gasteiger partial charge in [-0.2, -0.15) is 0 Å². The summed E-state index contributed by atoms with van der Waals surface area (Å²) in [7, 11) is 1.59. The molecule has 16 heavy (non-hydrogen) atoms. The van der Waals surface area contributed by atoms with Gasteiger partial charge in [0.25, 0.3) is 0 Å². The van der Waals surface area contributed by atoms with Crippen LogP contribution in [0, 0.1) is 0 Å². The van der Waals surface area contributed by atoms with Crippen molar-refractivity contribution in [3.63, 3.8) is 0 Å². The third kappa shape index (κ3) is 3.76. The summed E-state index contributed by atoms with van der Waals surface area (Å²) in [5.74, 6) is 1.04. The Kier molecular flexibility index (Phi) is 5.11. The van der Waals surface area contributed by atoms with E-state index in [-0.39, 0.29) is 0 Å². The van der Waals surface area contributed by atoms with Crippen LogP contribution >= 0.6 is 0 Å². The van der Waals surface area contributed by atoms with Crippen LogP contribution in [0.3, 0.4) is 0 Å². The number of methoxy groups -OCH3 is 1. The van der Waals surface area contributed by atoms with Crippen LogP contribution in [0.25, 0.3) is 0 Å². The molecule has 1 heterocycles. The first kappa shape index (κ1) is 12.3. The lowest BCUT2D eigenvalue weighted by molar-refractivity contribution is 0.392. The van der Waals surface area contributed by atoms with Crippen molar-refractivity contribution >= 4 is 5.96 Å². The second-order valence-electron chi connectivity index (χ2n) is 3.30. The summed E-state index contributed by atoms with van der Waals surface area (Å²) < 4.78 is 5.12. The molecule has 0 unspecified atom stereocenters. The number of rotatable bonds is 5. The summed E-state index contributed by atoms with van der Waals surface area (Å²) >= 11 is 0. The van der Waals surface area contributed by atoms with Crippen LogP contribution in [0.4, 0.5) is 0 Å². The van der Waals surface area contributed by atoms with Crippen molar-refractivity contribution in [2.45, 2.75) is 19.9 Å². The molecule has 0 aliphatic heterocycles. The van der Waals surface area contributed by atoms with Gasteiger partial charge in [-0.25, -0.2) is 9.98 Å². The first-order valence-corrected chi connectivity index (χ1v) is 5.29. The Bertz CT molecular complexity index is 352. The Morgan fingerprint density at radius 2 is 2.44 bits per heavy atom. The quantitative estimate of drug-likeness (QED) is 0.573. The van der Waals surface area contributed by atoms with Gasteiger partial charge in [0, 0.05) is 18.3 Å². The molecule has 0 amide bonds. The highest BCUT2D eigenvalue weighted by Gasteiger charge is 2.01. The summed E-state index contributed by atoms with van der Waals surface area (Å²) in [5, 5.41) is 3.01. The van der Waals surface area contributed by atoms with E-state index >= 15 is 0 Å². The van der Waals surface area contributed by atoms with Crippen LogP contribution in [0.15, 0.2) is 23.3 Å². The van der Waals surface area contributed by atoms with Crippen LogP contribution in [0.5, 0.6) is 5.88 Å². The van der Waals surface area contributed by atoms with Crippen LogP contribution in [0.2, 0.25) is 0 Å². The molecule has 0 spiro atoms. The first-order valence-electron chi connectivity index (χ1n) is 5.29. The van der Waals surface area contributed by atoms with Gasteiger partial charge in [-0.1, -0.05) is 13.0 Å². The fraction of sp³-hybridized carbons (Fsp3) is 0.455. The Labute approximate surface area is 95.7 Å². The van der Waals surface area contributed by atoms with Gasteiger partial charge in [0.05, 0.1) is 13.7 Å². The normalized spacial score (nSPS) is 11.2. The Balaban J connectivity index is 2.59. The van der Waals surface area contributed by atoms with Crippen molar-refractivity contribution in [1.82, 2.24) is 10.3 Å². The maximum atomic E-state index is 5.68. The summed E-state index contributed by atoms with van der Waals surface area (Å²) in [4.78, 5) is 8.29. The molecule has 0 atom stereocenters. The molecule has 5 heteroatoms. The maximum absolute atomic E-state index is 5.68. The second-order valence-corrected chi connectivity index (χ2v) is 3.30. The number of nitrogens with two attached hydrogens (primary N) is 1. The average molecular weight is 222 g/mol. The van der Waals surface area contributed by atoms with E-state index in [9.17, 15) is 0 Å². The molecule has 0 bridgehead atoms. The van der Waals surface area contributed by atoms with Gasteiger partial charge in [0.2, 0.25) is 5.88 Å². The minimum absolute atomic E-state index is 0.452. The van der Waals surface area contributed by atoms with Crippen molar-refractivity contribution in [3.8, 4) is 5.88 Å². The van der Waals surface area contributed by atoms with Gasteiger partial charge >= 0.3 is 0 Å². The predicted molar refractivity (Wildman–Crippen MR) is 64.4 cm³/mol. The van der Waals surface area contributed by atoms with E-state index in [1.165, 1.54) is 0 Å². The average Bonchev–Trinajstić information content (AvgIpc) is 2.34. The number of pyridine rings is 1. The van der Waals surface area contributed by atoms with Crippen LogP contribution in [-0.2, 0) is 6.54 Å². The van der Waals surface area contributed by atoms with Crippen molar-refractivity contribution in [2.24, 2.45) is 10.7 Å². The Morgan fingerprint density at radius 1 is 1.62 bits per heavy atom. The molecule has 1 aromatic heterocycles. The van der Waals surface area contributed by atoms with Crippen LogP contribution < -0.4 is 15.8 Å². The number of aliphatic imine (C=N–C) groups is 1. The minimum Gasteiger partial charge on any atom is -0.481 e. The largest absolute Gasteiger partial charge is 0.481 e. The lowest BCUT2D eigenvalue weighted by Crippen LogP contribution is -2.32. The van der Waals surface area contributed by atoms with Gasteiger partial charge in [-0.15, -0.1) is 0 Å². The molecule has 0 aliphatic rings. The molecule has 1 aromatic rings. The molecule has 0 fully saturated rings. The van der Waals surface area contributed by atoms with E-state index in [2.05, 4.69) is 22.2 Å². The van der Waals surface area contributed by atoms with E-state index in [0.717, 1.165) is 18.5 Å². The van der Waals surface area contributed by atoms with E-state index in [1.807, 2.05) is 12.1 Å². The molecule has 1 rings (SSSR count). The van der Waals surface area contributed by atoms with Crippen LogP contribution in [0.1, 0.15) is 18.9 Å². The van der Waals surface area contributed by atoms with Crippen molar-refractivity contribution < 1.29 is 4.74 Å². The molecule has 0 saturated carbocycles. The van der Waals surface area contributed by atoms with E-state index in [1.54, 1.807) is 13.3 Å². The predicted octanol–water partition coefficient (Wildman–Crippen LogP) is 0.904. The highest BCUT2D eigenvalue weighted by Crippen LogP contribution is 2.14. The summed E-state index contributed by atoms with van der Waals surface area (Å²) in [6, 6.07) is 3.77. The summed E-state index contributed by atoms with van der Waals surface area (Å²) in [6.07, 6.45) is 2.71. The fourth-order valence-electron chi connectivity index (χ4n) is 1.21. The number of guanidine groups is 1. The monoisotopic (exact) mass is 222 g/mol. The molecular weight excluding hydrogens is 204 g/mol. The van der Waals surface area contributed by atoms with E-state index in [4.69, 9.17) is 10.5 Å². The fourth-order valence-corrected chi connectivity index (χ4v) is 1.21. The topological polar surface area (TPSA) is 72.5 Å². The number of ether oxygens (including phenoxy) is 1. The zero-order chi connectivity index (χ0) is 11.8. The standard InChI is InChI=1S/C11H18N4O/c1-3-6-14-11(12)15-8-9-5-4-7-13-10(9)16-2/h4-5,7H,3,6,8H2,1-2H3,(H3,12,14,15). The van der Waals surface area contributed by atoms with Crippen molar-refractivity contribution in [1.29, 1.82) is 0 Å². The van der Waals surface area contributed by atoms with Crippen molar-refractivity contribution in [2.75, 3.05) is 13.7 Å². The van der Waals surface area contributed by atoms with Gasteiger partial charge in [0.15, 0.2) is 5.96 Å². The van der Waals surface area contributed by atoms with E-state index < -0.39 is 0 Å². The lowest BCUT2D eigenvalue weighted by Gasteiger charge is -2.06. The zero-order valence-corrected chi connectivity index (χ0v) is 9.73. The molecule has 0 aromatic carbocycles. The third-order valence-electron chi connectivity index (χ3n) is 2.02. The van der Waals surface area contributed by atoms with Crippen molar-refractivity contribution in [3.05, 3.63) is 23.9 Å². The summed E-state index contributed by atoms with van der Waals surface area (Å²) in [6.45, 7) is 3.38. The molecule has 88 valence electrons. The van der Waals surface area contributed by atoms with E-state index in [0.29, 0.717) is 18.4 Å². The molecule has 0 aliphatic carbocycles. The molecular formula is C11H18N4O. The number of nitrogens with zero attached hydrogens (tertiary/aromatic N) is 2. The molecule has 0 radical (unpaired) electrons. The number of aromatic nitrogens is 1. The third-order valence-corrected chi connectivity index (χ3v) is 2.02. The van der Waals surface area contributed by atoms with Gasteiger partial charge in [-0.3, -0.25) is 0 Å². The zero-order valence-electron chi connectivity index (χ0n) is 9.73. The van der Waals surface area contributed by atoms with Crippen LogP contribution in [-0.4, -0.2) is 24.6 Å². The number of nitrogens with one attached hydrogen (secondary N) is 1. The first-order chi connectivity index (χ1) is 7.77. The number of hydrogen-bond acceptors (Lipinski definition) is 3. The Hall–Kier alpha value is -1.78. The minimum atomic E-state index is 0.452. The van der Waals surface area contributed by atoms with Gasteiger partial charge in [0.1, 0.15) is 0 Å². The second kappa shape index (κ2) is 6.66.